The molecule has 6 heteroatoms. The van der Waals surface area contributed by atoms with Crippen LogP contribution < -0.4 is 5.73 Å². The third kappa shape index (κ3) is 6.48. The topological polar surface area (TPSA) is 70.1 Å². The van der Waals surface area contributed by atoms with Crippen LogP contribution in [-0.4, -0.2) is 27.2 Å². The predicted octanol–water partition coefficient (Wildman–Crippen LogP) is 6.14. The lowest BCUT2D eigenvalue weighted by atomic mass is 9.77. The number of halogens is 1. The van der Waals surface area contributed by atoms with Gasteiger partial charge in [0.25, 0.3) is 0 Å². The third-order valence-corrected chi connectivity index (χ3v) is 6.26. The number of ether oxygens (including phenoxy) is 1. The van der Waals surface area contributed by atoms with Crippen molar-refractivity contribution >= 4 is 18.4 Å². The van der Waals surface area contributed by atoms with Crippen molar-refractivity contribution in [2.24, 2.45) is 5.73 Å². The monoisotopic (exact) mass is 517 g/mol. The molecule has 4 rings (SSSR count). The molecular formula is C31H36ClN3O2. The Morgan fingerprint density at radius 3 is 1.76 bits per heavy atom. The van der Waals surface area contributed by atoms with Crippen molar-refractivity contribution in [2.45, 2.75) is 57.2 Å². The number of carbonyl (C=O) groups excluding carboxylic acids is 1. The molecule has 0 bridgehead atoms. The number of esters is 1. The molecule has 0 spiro atoms. The average molecular weight is 518 g/mol. The summed E-state index contributed by atoms with van der Waals surface area (Å²) in [4.78, 5) is 17.0. The minimum Gasteiger partial charge on any atom is -0.459 e. The summed E-state index contributed by atoms with van der Waals surface area (Å²) in [6, 6.07) is 30.9. The molecule has 4 aromatic rings. The summed E-state index contributed by atoms with van der Waals surface area (Å²) in [7, 11) is 0. The largest absolute Gasteiger partial charge is 0.459 e. The molecule has 0 unspecified atom stereocenters. The molecule has 1 aromatic heterocycles. The van der Waals surface area contributed by atoms with Gasteiger partial charge in [-0.1, -0.05) is 91.0 Å². The summed E-state index contributed by atoms with van der Waals surface area (Å²) in [6.07, 6.45) is 6.04. The maximum absolute atomic E-state index is 12.2. The van der Waals surface area contributed by atoms with Crippen LogP contribution in [0.5, 0.6) is 0 Å². The highest BCUT2D eigenvalue weighted by Gasteiger charge is 2.38. The molecule has 1 heterocycles. The summed E-state index contributed by atoms with van der Waals surface area (Å²) < 4.78 is 7.62. The van der Waals surface area contributed by atoms with Crippen molar-refractivity contribution in [3.63, 3.8) is 0 Å². The number of nitrogens with zero attached hydrogens (tertiary/aromatic N) is 2. The molecule has 2 N–H and O–H groups in total. The molecule has 194 valence electrons. The van der Waals surface area contributed by atoms with Crippen LogP contribution in [0.25, 0.3) is 0 Å². The number of hydrogen-bond donors (Lipinski definition) is 1. The molecule has 0 fully saturated rings. The highest BCUT2D eigenvalue weighted by atomic mass is 35.5. The quantitative estimate of drug-likeness (QED) is 0.214. The van der Waals surface area contributed by atoms with Crippen LogP contribution in [0.1, 0.15) is 56.0 Å². The van der Waals surface area contributed by atoms with Crippen LogP contribution in [-0.2, 0) is 21.5 Å². The average Bonchev–Trinajstić information content (AvgIpc) is 3.34. The molecule has 0 amide bonds. The van der Waals surface area contributed by atoms with E-state index in [9.17, 15) is 4.79 Å². The Bertz CT molecular complexity index is 1160. The first-order valence-corrected chi connectivity index (χ1v) is 12.5. The molecule has 0 aliphatic carbocycles. The highest BCUT2D eigenvalue weighted by molar-refractivity contribution is 5.85. The van der Waals surface area contributed by atoms with E-state index in [2.05, 4.69) is 83.6 Å². The van der Waals surface area contributed by atoms with Crippen molar-refractivity contribution in [1.29, 1.82) is 0 Å². The third-order valence-electron chi connectivity index (χ3n) is 6.26. The maximum atomic E-state index is 12.2. The molecule has 1 atom stereocenters. The van der Waals surface area contributed by atoms with Gasteiger partial charge in [-0.2, -0.15) is 0 Å². The Kier molecular flexibility index (Phi) is 9.30. The molecular weight excluding hydrogens is 482 g/mol. The van der Waals surface area contributed by atoms with E-state index in [1.54, 1.807) is 0 Å². The first-order chi connectivity index (χ1) is 17.3. The predicted molar refractivity (Wildman–Crippen MR) is 151 cm³/mol. The highest BCUT2D eigenvalue weighted by Crippen LogP contribution is 2.40. The molecule has 37 heavy (non-hydrogen) atoms. The zero-order valence-electron chi connectivity index (χ0n) is 21.7. The van der Waals surface area contributed by atoms with Crippen molar-refractivity contribution in [3.8, 4) is 0 Å². The standard InChI is InChI=1S/C31H35N3O2.ClH/c1-30(2,3)36-29(35)28(32)21-13-20-27-22-34(23-33-27)31(24-14-7-4-8-15-24,25-16-9-5-10-17-25)26-18-11-6-12-19-26;/h4-12,14-19,22-23,28H,13,20-21,32H2,1-3H3;1H/t28-;/m0./s1. The van der Waals surface area contributed by atoms with E-state index < -0.39 is 17.2 Å². The lowest BCUT2D eigenvalue weighted by molar-refractivity contribution is -0.156. The van der Waals surface area contributed by atoms with E-state index in [-0.39, 0.29) is 18.4 Å². The van der Waals surface area contributed by atoms with Crippen molar-refractivity contribution in [1.82, 2.24) is 9.55 Å². The van der Waals surface area contributed by atoms with Crippen LogP contribution in [0.15, 0.2) is 104 Å². The van der Waals surface area contributed by atoms with Gasteiger partial charge in [-0.05, 0) is 56.7 Å². The van der Waals surface area contributed by atoms with Gasteiger partial charge in [-0.25, -0.2) is 4.98 Å². The van der Waals surface area contributed by atoms with Crippen molar-refractivity contribution in [2.75, 3.05) is 0 Å². The molecule has 0 radical (unpaired) electrons. The number of carbonyl (C=O) groups is 1. The number of benzene rings is 3. The number of rotatable bonds is 9. The second-order valence-corrected chi connectivity index (χ2v) is 10.1. The van der Waals surface area contributed by atoms with Crippen LogP contribution in [0, 0.1) is 0 Å². The molecule has 0 saturated heterocycles. The van der Waals surface area contributed by atoms with Gasteiger partial charge in [0, 0.05) is 6.20 Å². The van der Waals surface area contributed by atoms with Gasteiger partial charge in [0.15, 0.2) is 0 Å². The van der Waals surface area contributed by atoms with E-state index in [1.807, 2.05) is 45.3 Å². The van der Waals surface area contributed by atoms with Crippen molar-refractivity contribution in [3.05, 3.63) is 126 Å². The minimum atomic E-state index is -0.636. The molecule has 0 aliphatic heterocycles. The lowest BCUT2D eigenvalue weighted by Crippen LogP contribution is -2.37. The first kappa shape index (κ1) is 28.2. The number of aryl methyl sites for hydroxylation is 1. The fourth-order valence-corrected chi connectivity index (χ4v) is 4.66. The van der Waals surface area contributed by atoms with Crippen LogP contribution >= 0.6 is 12.4 Å². The van der Waals surface area contributed by atoms with Gasteiger partial charge >= 0.3 is 5.97 Å². The van der Waals surface area contributed by atoms with E-state index in [0.717, 1.165) is 35.2 Å². The molecule has 0 saturated carbocycles. The fourth-order valence-electron chi connectivity index (χ4n) is 4.66. The Labute approximate surface area is 226 Å². The molecule has 5 nitrogen and oxygen atoms in total. The van der Waals surface area contributed by atoms with Gasteiger partial charge in [-0.3, -0.25) is 4.79 Å². The second-order valence-electron chi connectivity index (χ2n) is 10.1. The molecule has 0 aliphatic rings. The summed E-state index contributed by atoms with van der Waals surface area (Å²) in [5.74, 6) is -0.357. The van der Waals surface area contributed by atoms with E-state index in [0.29, 0.717) is 6.42 Å². The number of hydrogen-bond acceptors (Lipinski definition) is 4. The van der Waals surface area contributed by atoms with Crippen LogP contribution in [0.3, 0.4) is 0 Å². The number of nitrogens with two attached hydrogens (primary N) is 1. The summed E-state index contributed by atoms with van der Waals surface area (Å²) >= 11 is 0. The first-order valence-electron chi connectivity index (χ1n) is 12.5. The Balaban J connectivity index is 0.00000380. The van der Waals surface area contributed by atoms with Gasteiger partial charge < -0.3 is 15.0 Å². The summed E-state index contributed by atoms with van der Waals surface area (Å²) in [5, 5.41) is 0. The smallest absolute Gasteiger partial charge is 0.323 e. The normalized spacial score (nSPS) is 12.4. The van der Waals surface area contributed by atoms with E-state index >= 15 is 0 Å². The van der Waals surface area contributed by atoms with Gasteiger partial charge in [0.05, 0.1) is 12.0 Å². The zero-order valence-corrected chi connectivity index (χ0v) is 22.5. The number of imidazole rings is 1. The summed E-state index contributed by atoms with van der Waals surface area (Å²) in [6.45, 7) is 5.55. The van der Waals surface area contributed by atoms with Gasteiger partial charge in [0.2, 0.25) is 0 Å². The Morgan fingerprint density at radius 1 is 0.865 bits per heavy atom. The Hall–Kier alpha value is -3.41. The Morgan fingerprint density at radius 2 is 1.32 bits per heavy atom. The van der Waals surface area contributed by atoms with E-state index in [1.165, 1.54) is 0 Å². The van der Waals surface area contributed by atoms with Crippen molar-refractivity contribution < 1.29 is 9.53 Å². The maximum Gasteiger partial charge on any atom is 0.323 e. The molecule has 3 aromatic carbocycles. The van der Waals surface area contributed by atoms with Crippen LogP contribution in [0.4, 0.5) is 0 Å². The van der Waals surface area contributed by atoms with Crippen LogP contribution in [0.2, 0.25) is 0 Å². The van der Waals surface area contributed by atoms with E-state index in [4.69, 9.17) is 15.5 Å². The number of aromatic nitrogens is 2. The zero-order chi connectivity index (χ0) is 25.6. The van der Waals surface area contributed by atoms with Gasteiger partial charge in [0.1, 0.15) is 17.2 Å². The minimum absolute atomic E-state index is 0. The fraction of sp³-hybridized carbons (Fsp3) is 0.290. The SMILES string of the molecule is CC(C)(C)OC(=O)[C@@H](N)CCCc1cn(C(c2ccccc2)(c2ccccc2)c2ccccc2)cn1.Cl. The van der Waals surface area contributed by atoms with Gasteiger partial charge in [-0.15, -0.1) is 12.4 Å². The summed E-state index contributed by atoms with van der Waals surface area (Å²) in [5.41, 5.74) is 9.38. The second kappa shape index (κ2) is 12.2. The lowest BCUT2D eigenvalue weighted by Gasteiger charge is -2.37.